The highest BCUT2D eigenvalue weighted by atomic mass is 32.2. The number of nitrogens with one attached hydrogen (secondary N) is 1. The Hall–Kier alpha value is -2.22. The maximum atomic E-state index is 13.0. The Morgan fingerprint density at radius 3 is 2.40 bits per heavy atom. The molecule has 1 N–H and O–H groups in total. The van der Waals surface area contributed by atoms with Crippen LogP contribution < -0.4 is 5.32 Å². The van der Waals surface area contributed by atoms with Crippen molar-refractivity contribution in [3.8, 4) is 0 Å². The first-order valence-electron chi connectivity index (χ1n) is 10.5. The van der Waals surface area contributed by atoms with Gasteiger partial charge in [-0.3, -0.25) is 9.69 Å². The predicted molar refractivity (Wildman–Crippen MR) is 119 cm³/mol. The highest BCUT2D eigenvalue weighted by Gasteiger charge is 2.30. The fourth-order valence-corrected chi connectivity index (χ4v) is 5.41. The van der Waals surface area contributed by atoms with Crippen molar-refractivity contribution in [2.45, 2.75) is 31.6 Å². The second kappa shape index (κ2) is 10.2. The first-order chi connectivity index (χ1) is 14.4. The summed E-state index contributed by atoms with van der Waals surface area (Å²) in [4.78, 5) is 14.6. The summed E-state index contributed by atoms with van der Waals surface area (Å²) in [6, 6.07) is 15.7. The van der Waals surface area contributed by atoms with E-state index in [0.29, 0.717) is 44.2 Å². The predicted octanol–water partition coefficient (Wildman–Crippen LogP) is 2.36. The van der Waals surface area contributed by atoms with Crippen LogP contribution in [0.4, 0.5) is 0 Å². The molecule has 1 heterocycles. The van der Waals surface area contributed by atoms with Crippen LogP contribution in [0.3, 0.4) is 0 Å². The summed E-state index contributed by atoms with van der Waals surface area (Å²) in [6.07, 6.45) is 1.84. The van der Waals surface area contributed by atoms with Crippen molar-refractivity contribution < 1.29 is 13.2 Å². The lowest BCUT2D eigenvalue weighted by molar-refractivity contribution is -0.122. The van der Waals surface area contributed by atoms with Crippen molar-refractivity contribution >= 4 is 15.9 Å². The van der Waals surface area contributed by atoms with Crippen molar-refractivity contribution in [1.82, 2.24) is 14.5 Å². The number of hydrogen-bond donors (Lipinski definition) is 1. The molecule has 0 unspecified atom stereocenters. The third-order valence-electron chi connectivity index (χ3n) is 5.47. The standard InChI is InChI=1S/C23H31N3O3S/c1-19-10-11-20(2)22(17-19)30(28,29)26-15-13-25(14-16-26)18-23(27)24-12-6-9-21-7-4-3-5-8-21/h3-5,7-8,10-11,17H,6,9,12-16,18H2,1-2H3,(H,24,27). The van der Waals surface area contributed by atoms with Gasteiger partial charge in [-0.15, -0.1) is 0 Å². The molecule has 1 amide bonds. The summed E-state index contributed by atoms with van der Waals surface area (Å²) in [5.74, 6) is -0.00565. The summed E-state index contributed by atoms with van der Waals surface area (Å²) in [5, 5.41) is 2.97. The minimum absolute atomic E-state index is 0.00565. The fraction of sp³-hybridized carbons (Fsp3) is 0.435. The molecule has 30 heavy (non-hydrogen) atoms. The van der Waals surface area contributed by atoms with E-state index >= 15 is 0 Å². The van der Waals surface area contributed by atoms with Crippen molar-refractivity contribution in [1.29, 1.82) is 0 Å². The zero-order valence-corrected chi connectivity index (χ0v) is 18.6. The Bertz CT molecular complexity index is 953. The van der Waals surface area contributed by atoms with Crippen LogP contribution in [0.1, 0.15) is 23.1 Å². The second-order valence-corrected chi connectivity index (χ2v) is 9.79. The summed E-state index contributed by atoms with van der Waals surface area (Å²) < 4.78 is 27.5. The fourth-order valence-electron chi connectivity index (χ4n) is 3.68. The maximum Gasteiger partial charge on any atom is 0.243 e. The van der Waals surface area contributed by atoms with E-state index in [9.17, 15) is 13.2 Å². The van der Waals surface area contributed by atoms with Gasteiger partial charge in [0.1, 0.15) is 0 Å². The van der Waals surface area contributed by atoms with E-state index in [0.717, 1.165) is 24.0 Å². The molecule has 0 radical (unpaired) electrons. The van der Waals surface area contributed by atoms with Crippen molar-refractivity contribution in [2.24, 2.45) is 0 Å². The lowest BCUT2D eigenvalue weighted by Gasteiger charge is -2.33. The molecule has 7 heteroatoms. The number of nitrogens with zero attached hydrogens (tertiary/aromatic N) is 2. The van der Waals surface area contributed by atoms with Crippen LogP contribution in [0.25, 0.3) is 0 Å². The number of benzene rings is 2. The minimum Gasteiger partial charge on any atom is -0.355 e. The van der Waals surface area contributed by atoms with Gasteiger partial charge in [0.05, 0.1) is 11.4 Å². The number of piperazine rings is 1. The minimum atomic E-state index is -3.50. The molecule has 6 nitrogen and oxygen atoms in total. The van der Waals surface area contributed by atoms with Gasteiger partial charge < -0.3 is 5.32 Å². The highest BCUT2D eigenvalue weighted by Crippen LogP contribution is 2.22. The number of sulfonamides is 1. The van der Waals surface area contributed by atoms with Crippen LogP contribution in [0, 0.1) is 13.8 Å². The molecule has 1 saturated heterocycles. The average molecular weight is 430 g/mol. The molecule has 2 aromatic rings. The Balaban J connectivity index is 1.42. The summed E-state index contributed by atoms with van der Waals surface area (Å²) in [6.45, 7) is 6.59. The summed E-state index contributed by atoms with van der Waals surface area (Å²) >= 11 is 0. The maximum absolute atomic E-state index is 13.0. The monoisotopic (exact) mass is 429 g/mol. The normalized spacial score (nSPS) is 15.8. The van der Waals surface area contributed by atoms with Gasteiger partial charge in [-0.25, -0.2) is 8.42 Å². The van der Waals surface area contributed by atoms with Gasteiger partial charge in [0.2, 0.25) is 15.9 Å². The van der Waals surface area contributed by atoms with E-state index in [2.05, 4.69) is 17.4 Å². The molecule has 1 aliphatic heterocycles. The molecule has 0 aromatic heterocycles. The molecule has 0 bridgehead atoms. The molecular weight excluding hydrogens is 398 g/mol. The van der Waals surface area contributed by atoms with Crippen LogP contribution in [-0.4, -0.2) is 62.8 Å². The van der Waals surface area contributed by atoms with Crippen molar-refractivity contribution in [3.63, 3.8) is 0 Å². The Morgan fingerprint density at radius 2 is 1.70 bits per heavy atom. The third-order valence-corrected chi connectivity index (χ3v) is 7.51. The van der Waals surface area contributed by atoms with Gasteiger partial charge in [0, 0.05) is 32.7 Å². The molecule has 2 aromatic carbocycles. The Kier molecular flexibility index (Phi) is 7.64. The highest BCUT2D eigenvalue weighted by molar-refractivity contribution is 7.89. The Morgan fingerprint density at radius 1 is 1.00 bits per heavy atom. The van der Waals surface area contributed by atoms with E-state index in [1.54, 1.807) is 6.07 Å². The number of carbonyl (C=O) groups is 1. The van der Waals surface area contributed by atoms with E-state index < -0.39 is 10.0 Å². The van der Waals surface area contributed by atoms with Gasteiger partial charge in [0.25, 0.3) is 0 Å². The van der Waals surface area contributed by atoms with E-state index in [4.69, 9.17) is 0 Å². The zero-order chi connectivity index (χ0) is 21.6. The van der Waals surface area contributed by atoms with Crippen LogP contribution in [0.2, 0.25) is 0 Å². The average Bonchev–Trinajstić information content (AvgIpc) is 2.74. The van der Waals surface area contributed by atoms with E-state index in [-0.39, 0.29) is 5.91 Å². The van der Waals surface area contributed by atoms with Gasteiger partial charge in [-0.1, -0.05) is 42.5 Å². The number of hydrogen-bond acceptors (Lipinski definition) is 4. The topological polar surface area (TPSA) is 69.7 Å². The van der Waals surface area contributed by atoms with Gasteiger partial charge >= 0.3 is 0 Å². The molecule has 0 atom stereocenters. The second-order valence-electron chi connectivity index (χ2n) is 7.89. The number of amides is 1. The van der Waals surface area contributed by atoms with Crippen molar-refractivity contribution in [2.75, 3.05) is 39.3 Å². The lowest BCUT2D eigenvalue weighted by atomic mass is 10.1. The van der Waals surface area contributed by atoms with Gasteiger partial charge in [-0.2, -0.15) is 4.31 Å². The first kappa shape index (κ1) is 22.5. The first-order valence-corrected chi connectivity index (χ1v) is 11.9. The van der Waals surface area contributed by atoms with Crippen LogP contribution >= 0.6 is 0 Å². The molecular formula is C23H31N3O3S. The lowest BCUT2D eigenvalue weighted by Crippen LogP contribution is -2.51. The van der Waals surface area contributed by atoms with Crippen LogP contribution in [-0.2, 0) is 21.2 Å². The zero-order valence-electron chi connectivity index (χ0n) is 17.8. The quantitative estimate of drug-likeness (QED) is 0.654. The van der Waals surface area contributed by atoms with E-state index in [1.165, 1.54) is 9.87 Å². The molecule has 162 valence electrons. The molecule has 0 saturated carbocycles. The Labute approximate surface area is 179 Å². The van der Waals surface area contributed by atoms with E-state index in [1.807, 2.05) is 49.1 Å². The summed E-state index contributed by atoms with van der Waals surface area (Å²) in [7, 11) is -3.50. The molecule has 1 aliphatic rings. The molecule has 0 aliphatic carbocycles. The van der Waals surface area contributed by atoms with Gasteiger partial charge in [-0.05, 0) is 49.4 Å². The van der Waals surface area contributed by atoms with Crippen LogP contribution in [0.15, 0.2) is 53.4 Å². The molecule has 3 rings (SSSR count). The number of carbonyl (C=O) groups excluding carboxylic acids is 1. The largest absolute Gasteiger partial charge is 0.355 e. The van der Waals surface area contributed by atoms with Crippen LogP contribution in [0.5, 0.6) is 0 Å². The smallest absolute Gasteiger partial charge is 0.243 e. The molecule has 1 fully saturated rings. The van der Waals surface area contributed by atoms with Gasteiger partial charge in [0.15, 0.2) is 0 Å². The third kappa shape index (κ3) is 5.90. The summed E-state index contributed by atoms with van der Waals surface area (Å²) in [5.41, 5.74) is 2.97. The number of rotatable bonds is 8. The number of aryl methyl sites for hydroxylation is 3. The SMILES string of the molecule is Cc1ccc(C)c(S(=O)(=O)N2CCN(CC(=O)NCCCc3ccccc3)CC2)c1. The van der Waals surface area contributed by atoms with Crippen molar-refractivity contribution in [3.05, 3.63) is 65.2 Å². The molecule has 0 spiro atoms.